The lowest BCUT2D eigenvalue weighted by Gasteiger charge is -2.34. The summed E-state index contributed by atoms with van der Waals surface area (Å²) >= 11 is 0. The highest BCUT2D eigenvalue weighted by Crippen LogP contribution is 2.40. The van der Waals surface area contributed by atoms with Crippen molar-refractivity contribution in [3.8, 4) is 11.5 Å². The molecule has 3 aromatic carbocycles. The van der Waals surface area contributed by atoms with E-state index in [1.807, 2.05) is 61.5 Å². The molecule has 0 spiro atoms. The van der Waals surface area contributed by atoms with E-state index in [9.17, 15) is 9.59 Å². The minimum atomic E-state index is -1.01. The lowest BCUT2D eigenvalue weighted by Crippen LogP contribution is -2.47. The van der Waals surface area contributed by atoms with Crippen LogP contribution in [0.15, 0.2) is 66.7 Å². The molecule has 9 heteroatoms. The number of para-hydroxylation sites is 3. The highest BCUT2D eigenvalue weighted by molar-refractivity contribution is 6.02. The second-order valence-electron chi connectivity index (χ2n) is 9.76. The summed E-state index contributed by atoms with van der Waals surface area (Å²) in [6, 6.07) is 19.5. The van der Waals surface area contributed by atoms with Gasteiger partial charge in [-0.05, 0) is 49.6 Å². The van der Waals surface area contributed by atoms with Gasteiger partial charge in [0.05, 0.1) is 19.7 Å². The lowest BCUT2D eigenvalue weighted by atomic mass is 9.99. The van der Waals surface area contributed by atoms with Gasteiger partial charge in [-0.2, -0.15) is 0 Å². The number of nitrogens with one attached hydrogen (secondary N) is 1. The highest BCUT2D eigenvalue weighted by Gasteiger charge is 2.37. The number of aromatic nitrogens is 3. The number of nitrogens with zero attached hydrogens (tertiary/aromatic N) is 4. The molecule has 0 radical (unpaired) electrons. The first-order valence-corrected chi connectivity index (χ1v) is 13.2. The third-order valence-electron chi connectivity index (χ3n) is 7.29. The van der Waals surface area contributed by atoms with Crippen molar-refractivity contribution in [1.29, 1.82) is 0 Å². The van der Waals surface area contributed by atoms with E-state index in [0.717, 1.165) is 36.8 Å². The smallest absolute Gasteiger partial charge is 0.249 e. The number of carbonyl (C=O) groups is 2. The van der Waals surface area contributed by atoms with Crippen molar-refractivity contribution in [2.24, 2.45) is 0 Å². The predicted molar refractivity (Wildman–Crippen MR) is 149 cm³/mol. The molecule has 2 amide bonds. The molecule has 1 aliphatic carbocycles. The van der Waals surface area contributed by atoms with Crippen LogP contribution in [0.5, 0.6) is 11.5 Å². The third kappa shape index (κ3) is 5.30. The summed E-state index contributed by atoms with van der Waals surface area (Å²) < 4.78 is 12.9. The maximum absolute atomic E-state index is 14.3. The molecule has 4 aromatic rings. The van der Waals surface area contributed by atoms with Crippen LogP contribution in [0, 0.1) is 6.92 Å². The van der Waals surface area contributed by atoms with Gasteiger partial charge < -0.3 is 14.8 Å². The third-order valence-corrected chi connectivity index (χ3v) is 7.29. The fraction of sp³-hybridized carbons (Fsp3) is 0.333. The van der Waals surface area contributed by atoms with Gasteiger partial charge in [0.2, 0.25) is 11.8 Å². The van der Waals surface area contributed by atoms with Crippen molar-refractivity contribution in [1.82, 2.24) is 20.3 Å². The molecule has 0 bridgehead atoms. The summed E-state index contributed by atoms with van der Waals surface area (Å²) in [4.78, 5) is 30.0. The number of fused-ring (bicyclic) bond motifs is 1. The molecule has 9 nitrogen and oxygen atoms in total. The molecule has 1 atom stereocenters. The van der Waals surface area contributed by atoms with E-state index in [-0.39, 0.29) is 24.4 Å². The average Bonchev–Trinajstić information content (AvgIpc) is 3.61. The minimum Gasteiger partial charge on any atom is -0.493 e. The van der Waals surface area contributed by atoms with Gasteiger partial charge in [0.1, 0.15) is 18.1 Å². The van der Waals surface area contributed by atoms with Gasteiger partial charge in [-0.25, -0.2) is 4.68 Å². The Morgan fingerprint density at radius 1 is 1.00 bits per heavy atom. The summed E-state index contributed by atoms with van der Waals surface area (Å²) in [6.07, 6.45) is 3.96. The van der Waals surface area contributed by atoms with E-state index < -0.39 is 6.04 Å². The monoisotopic (exact) mass is 527 g/mol. The molecule has 1 heterocycles. The van der Waals surface area contributed by atoms with Crippen LogP contribution in [0.2, 0.25) is 0 Å². The van der Waals surface area contributed by atoms with Crippen LogP contribution in [0.4, 0.5) is 5.69 Å². The first-order valence-electron chi connectivity index (χ1n) is 13.2. The van der Waals surface area contributed by atoms with Gasteiger partial charge in [0.25, 0.3) is 0 Å². The number of amides is 2. The first-order chi connectivity index (χ1) is 19.0. The maximum Gasteiger partial charge on any atom is 0.249 e. The fourth-order valence-corrected chi connectivity index (χ4v) is 5.36. The molecule has 1 saturated carbocycles. The normalized spacial score (nSPS) is 14.2. The summed E-state index contributed by atoms with van der Waals surface area (Å²) in [7, 11) is 3.09. The van der Waals surface area contributed by atoms with E-state index in [2.05, 4.69) is 15.6 Å². The number of aryl methyl sites for hydroxylation is 1. The van der Waals surface area contributed by atoms with Crippen molar-refractivity contribution in [2.45, 2.75) is 51.2 Å². The molecular weight excluding hydrogens is 494 g/mol. The van der Waals surface area contributed by atoms with Crippen LogP contribution in [-0.2, 0) is 16.1 Å². The van der Waals surface area contributed by atoms with Crippen LogP contribution in [0.25, 0.3) is 11.0 Å². The maximum atomic E-state index is 14.3. The quantitative estimate of drug-likeness (QED) is 0.342. The average molecular weight is 528 g/mol. The zero-order chi connectivity index (χ0) is 27.4. The summed E-state index contributed by atoms with van der Waals surface area (Å²) in [6.45, 7) is 1.82. The Hall–Kier alpha value is -4.40. The second kappa shape index (κ2) is 11.6. The van der Waals surface area contributed by atoms with Crippen LogP contribution in [0.3, 0.4) is 0 Å². The van der Waals surface area contributed by atoms with Gasteiger partial charge in [0, 0.05) is 17.3 Å². The van der Waals surface area contributed by atoms with Crippen molar-refractivity contribution in [3.05, 3.63) is 77.9 Å². The summed E-state index contributed by atoms with van der Waals surface area (Å²) in [5.74, 6) is 0.308. The molecule has 0 unspecified atom stereocenters. The Bertz CT molecular complexity index is 1480. The molecular formula is C30H33N5O4. The van der Waals surface area contributed by atoms with Crippen LogP contribution < -0.4 is 19.7 Å². The van der Waals surface area contributed by atoms with E-state index in [1.54, 1.807) is 28.8 Å². The van der Waals surface area contributed by atoms with Crippen molar-refractivity contribution in [2.75, 3.05) is 19.1 Å². The van der Waals surface area contributed by atoms with Crippen molar-refractivity contribution < 1.29 is 19.1 Å². The number of methoxy groups -OCH3 is 2. The van der Waals surface area contributed by atoms with E-state index >= 15 is 0 Å². The SMILES string of the molecule is COc1cccc([C@H](C(=O)NC2CCCC2)N(C(=O)Cn2nnc3ccccc32)c2ccccc2C)c1OC. The fourth-order valence-electron chi connectivity index (χ4n) is 5.36. The van der Waals surface area contributed by atoms with Gasteiger partial charge in [0.15, 0.2) is 11.5 Å². The first kappa shape index (κ1) is 26.2. The molecule has 0 saturated heterocycles. The lowest BCUT2D eigenvalue weighted by molar-refractivity contribution is -0.127. The Morgan fingerprint density at radius 3 is 2.49 bits per heavy atom. The molecule has 1 N–H and O–H groups in total. The number of rotatable bonds is 9. The minimum absolute atomic E-state index is 0.0599. The van der Waals surface area contributed by atoms with Gasteiger partial charge in [-0.15, -0.1) is 5.10 Å². The molecule has 39 heavy (non-hydrogen) atoms. The Balaban J connectivity index is 1.65. The van der Waals surface area contributed by atoms with Crippen molar-refractivity contribution in [3.63, 3.8) is 0 Å². The number of anilines is 1. The number of benzene rings is 3. The number of ether oxygens (including phenoxy) is 2. The van der Waals surface area contributed by atoms with E-state index in [1.165, 1.54) is 7.11 Å². The Kier molecular flexibility index (Phi) is 7.76. The Labute approximate surface area is 227 Å². The molecule has 1 aromatic heterocycles. The largest absolute Gasteiger partial charge is 0.493 e. The summed E-state index contributed by atoms with van der Waals surface area (Å²) in [5, 5.41) is 11.6. The molecule has 202 valence electrons. The molecule has 5 rings (SSSR count). The second-order valence-corrected chi connectivity index (χ2v) is 9.76. The number of hydrogen-bond acceptors (Lipinski definition) is 6. The highest BCUT2D eigenvalue weighted by atomic mass is 16.5. The number of hydrogen-bond donors (Lipinski definition) is 1. The predicted octanol–water partition coefficient (Wildman–Crippen LogP) is 4.59. The standard InChI is InChI=1S/C30H33N5O4/c1-20-11-4-8-16-24(20)35(27(36)19-34-25-17-9-7-15-23(25)32-33-34)28(30(37)31-21-12-5-6-13-21)22-14-10-18-26(38-2)29(22)39-3/h4,7-11,14-18,21,28H,5-6,12-13,19H2,1-3H3,(H,31,37)/t28-/m1/s1. The molecule has 0 aliphatic heterocycles. The number of carbonyl (C=O) groups excluding carboxylic acids is 2. The van der Waals surface area contributed by atoms with Crippen LogP contribution in [0.1, 0.15) is 42.9 Å². The zero-order valence-corrected chi connectivity index (χ0v) is 22.5. The van der Waals surface area contributed by atoms with Crippen molar-refractivity contribution >= 4 is 28.5 Å². The topological polar surface area (TPSA) is 98.6 Å². The van der Waals surface area contributed by atoms with Gasteiger partial charge in [-0.1, -0.05) is 60.5 Å². The van der Waals surface area contributed by atoms with Gasteiger partial charge in [-0.3, -0.25) is 14.5 Å². The molecule has 1 aliphatic rings. The van der Waals surface area contributed by atoms with Crippen LogP contribution >= 0.6 is 0 Å². The Morgan fingerprint density at radius 2 is 1.74 bits per heavy atom. The zero-order valence-electron chi connectivity index (χ0n) is 22.5. The molecule has 1 fully saturated rings. The van der Waals surface area contributed by atoms with E-state index in [4.69, 9.17) is 9.47 Å². The van der Waals surface area contributed by atoms with Crippen LogP contribution in [-0.4, -0.2) is 47.1 Å². The van der Waals surface area contributed by atoms with Gasteiger partial charge >= 0.3 is 0 Å². The summed E-state index contributed by atoms with van der Waals surface area (Å²) in [5.41, 5.74) is 3.45. The van der Waals surface area contributed by atoms with E-state index in [0.29, 0.717) is 28.3 Å².